The number of hydrogen-bond acceptors (Lipinski definition) is 8. The second-order valence-corrected chi connectivity index (χ2v) is 6.52. The summed E-state index contributed by atoms with van der Waals surface area (Å²) in [5, 5.41) is 13.2. The molecule has 0 saturated carbocycles. The summed E-state index contributed by atoms with van der Waals surface area (Å²) in [5.41, 5.74) is 0.409. The van der Waals surface area contributed by atoms with E-state index in [-0.39, 0.29) is 16.9 Å². The SMILES string of the molecule is Cn1cccc1C(=O)NC(=O)COC(=O)c1cc([N+](=O)[O-])ccc1N1CCOCC1. The second-order valence-electron chi connectivity index (χ2n) is 6.52. The predicted octanol–water partition coefficient (Wildman–Crippen LogP) is 0.883. The maximum Gasteiger partial charge on any atom is 0.341 e. The predicted molar refractivity (Wildman–Crippen MR) is 104 cm³/mol. The third-order valence-electron chi connectivity index (χ3n) is 4.53. The molecule has 0 aliphatic carbocycles. The molecule has 11 nitrogen and oxygen atoms in total. The van der Waals surface area contributed by atoms with Gasteiger partial charge >= 0.3 is 5.97 Å². The van der Waals surface area contributed by atoms with Gasteiger partial charge in [-0.2, -0.15) is 0 Å². The average Bonchev–Trinajstić information content (AvgIpc) is 3.18. The van der Waals surface area contributed by atoms with Crippen LogP contribution in [-0.2, 0) is 21.3 Å². The molecule has 1 N–H and O–H groups in total. The zero-order valence-electron chi connectivity index (χ0n) is 16.2. The molecular weight excluding hydrogens is 396 g/mol. The number of anilines is 1. The highest BCUT2D eigenvalue weighted by molar-refractivity contribution is 6.05. The minimum atomic E-state index is -0.901. The van der Waals surface area contributed by atoms with Crippen LogP contribution in [0.4, 0.5) is 11.4 Å². The van der Waals surface area contributed by atoms with E-state index in [1.807, 2.05) is 4.90 Å². The van der Waals surface area contributed by atoms with Crippen LogP contribution < -0.4 is 10.2 Å². The Kier molecular flexibility index (Phi) is 6.42. The Balaban J connectivity index is 1.69. The molecule has 1 aliphatic rings. The molecule has 1 saturated heterocycles. The van der Waals surface area contributed by atoms with Gasteiger partial charge in [0.1, 0.15) is 5.69 Å². The van der Waals surface area contributed by atoms with E-state index < -0.39 is 29.3 Å². The van der Waals surface area contributed by atoms with E-state index in [1.165, 1.54) is 22.8 Å². The fourth-order valence-corrected chi connectivity index (χ4v) is 3.01. The number of benzene rings is 1. The minimum Gasteiger partial charge on any atom is -0.452 e. The van der Waals surface area contributed by atoms with Gasteiger partial charge < -0.3 is 18.9 Å². The number of esters is 1. The van der Waals surface area contributed by atoms with Crippen LogP contribution in [0, 0.1) is 10.1 Å². The summed E-state index contributed by atoms with van der Waals surface area (Å²) in [4.78, 5) is 49.0. The fourth-order valence-electron chi connectivity index (χ4n) is 3.01. The number of nitro groups is 1. The largest absolute Gasteiger partial charge is 0.452 e. The number of rotatable bonds is 6. The lowest BCUT2D eigenvalue weighted by Crippen LogP contribution is -2.37. The van der Waals surface area contributed by atoms with E-state index in [0.717, 1.165) is 6.07 Å². The standard InChI is InChI=1S/C19H20N4O7/c1-21-6-2-3-16(21)18(25)20-17(24)12-30-19(26)14-11-13(23(27)28)4-5-15(14)22-7-9-29-10-8-22/h2-6,11H,7-10,12H2,1H3,(H,20,24,25). The number of carbonyl (C=O) groups excluding carboxylic acids is 3. The van der Waals surface area contributed by atoms with Crippen LogP contribution in [0.15, 0.2) is 36.5 Å². The number of nitro benzene ring substituents is 1. The first-order valence-corrected chi connectivity index (χ1v) is 9.10. The minimum absolute atomic E-state index is 0.0346. The lowest BCUT2D eigenvalue weighted by molar-refractivity contribution is -0.384. The van der Waals surface area contributed by atoms with Crippen LogP contribution in [-0.4, -0.2) is 60.2 Å². The number of non-ortho nitro benzene ring substituents is 1. The van der Waals surface area contributed by atoms with Crippen molar-refractivity contribution in [1.82, 2.24) is 9.88 Å². The number of amides is 2. The van der Waals surface area contributed by atoms with Crippen LogP contribution in [0.2, 0.25) is 0 Å². The lowest BCUT2D eigenvalue weighted by atomic mass is 10.1. The number of aromatic nitrogens is 1. The number of imide groups is 1. The number of morpholine rings is 1. The second kappa shape index (κ2) is 9.18. The smallest absolute Gasteiger partial charge is 0.341 e. The van der Waals surface area contributed by atoms with Crippen molar-refractivity contribution >= 4 is 29.2 Å². The molecule has 0 unspecified atom stereocenters. The van der Waals surface area contributed by atoms with Gasteiger partial charge in [0.25, 0.3) is 17.5 Å². The Morgan fingerprint density at radius 2 is 1.97 bits per heavy atom. The number of nitrogens with zero attached hydrogens (tertiary/aromatic N) is 3. The number of hydrogen-bond donors (Lipinski definition) is 1. The maximum absolute atomic E-state index is 12.6. The quantitative estimate of drug-likeness (QED) is 0.417. The summed E-state index contributed by atoms with van der Waals surface area (Å²) < 4.78 is 11.8. The van der Waals surface area contributed by atoms with Gasteiger partial charge in [-0.15, -0.1) is 0 Å². The topological polar surface area (TPSA) is 133 Å². The first-order valence-electron chi connectivity index (χ1n) is 9.10. The molecular formula is C19H20N4O7. The van der Waals surface area contributed by atoms with Gasteiger partial charge in [0.2, 0.25) is 0 Å². The summed E-state index contributed by atoms with van der Waals surface area (Å²) in [6.45, 7) is 1.21. The van der Waals surface area contributed by atoms with Crippen molar-refractivity contribution in [1.29, 1.82) is 0 Å². The molecule has 1 aromatic carbocycles. The van der Waals surface area contributed by atoms with Gasteiger partial charge in [0.15, 0.2) is 6.61 Å². The zero-order chi connectivity index (χ0) is 21.7. The Bertz CT molecular complexity index is 979. The van der Waals surface area contributed by atoms with Gasteiger partial charge in [0.05, 0.1) is 29.4 Å². The zero-order valence-corrected chi connectivity index (χ0v) is 16.2. The molecule has 30 heavy (non-hydrogen) atoms. The summed E-state index contributed by atoms with van der Waals surface area (Å²) in [5.74, 6) is -2.34. The van der Waals surface area contributed by atoms with Crippen molar-refractivity contribution in [3.63, 3.8) is 0 Å². The number of carbonyl (C=O) groups is 3. The summed E-state index contributed by atoms with van der Waals surface area (Å²) in [6, 6.07) is 7.06. The molecule has 0 atom stereocenters. The van der Waals surface area contributed by atoms with Crippen molar-refractivity contribution in [2.24, 2.45) is 7.05 Å². The van der Waals surface area contributed by atoms with Crippen LogP contribution in [0.3, 0.4) is 0 Å². The van der Waals surface area contributed by atoms with E-state index in [4.69, 9.17) is 9.47 Å². The van der Waals surface area contributed by atoms with Crippen molar-refractivity contribution in [3.05, 3.63) is 57.9 Å². The highest BCUT2D eigenvalue weighted by Crippen LogP contribution is 2.27. The normalized spacial score (nSPS) is 13.6. The van der Waals surface area contributed by atoms with Crippen molar-refractivity contribution in [2.45, 2.75) is 0 Å². The number of aryl methyl sites for hydroxylation is 1. The monoisotopic (exact) mass is 416 g/mol. The third-order valence-corrected chi connectivity index (χ3v) is 4.53. The molecule has 1 aromatic heterocycles. The van der Waals surface area contributed by atoms with E-state index in [0.29, 0.717) is 32.0 Å². The van der Waals surface area contributed by atoms with Crippen molar-refractivity contribution < 1.29 is 28.8 Å². The molecule has 1 aliphatic heterocycles. The summed E-state index contributed by atoms with van der Waals surface area (Å²) in [7, 11) is 1.65. The average molecular weight is 416 g/mol. The first-order chi connectivity index (χ1) is 14.4. The number of ether oxygens (including phenoxy) is 2. The molecule has 3 rings (SSSR count). The van der Waals surface area contributed by atoms with Crippen molar-refractivity contribution in [3.8, 4) is 0 Å². The molecule has 158 valence electrons. The Morgan fingerprint density at radius 1 is 1.23 bits per heavy atom. The Morgan fingerprint density at radius 3 is 2.60 bits per heavy atom. The van der Waals surface area contributed by atoms with Gasteiger partial charge in [-0.1, -0.05) is 0 Å². The van der Waals surface area contributed by atoms with Crippen molar-refractivity contribution in [2.75, 3.05) is 37.8 Å². The van der Waals surface area contributed by atoms with Crippen LogP contribution in [0.25, 0.3) is 0 Å². The third kappa shape index (κ3) is 4.81. The fraction of sp³-hybridized carbons (Fsp3) is 0.316. The summed E-state index contributed by atoms with van der Waals surface area (Å²) in [6.07, 6.45) is 1.65. The van der Waals surface area contributed by atoms with E-state index >= 15 is 0 Å². The van der Waals surface area contributed by atoms with Gasteiger partial charge in [-0.25, -0.2) is 4.79 Å². The van der Waals surface area contributed by atoms with Crippen LogP contribution in [0.1, 0.15) is 20.8 Å². The van der Waals surface area contributed by atoms with Gasteiger partial charge in [0, 0.05) is 38.5 Å². The highest BCUT2D eigenvalue weighted by Gasteiger charge is 2.24. The van der Waals surface area contributed by atoms with E-state index in [9.17, 15) is 24.5 Å². The molecule has 2 heterocycles. The number of nitrogens with one attached hydrogen (secondary N) is 1. The van der Waals surface area contributed by atoms with Crippen LogP contribution in [0.5, 0.6) is 0 Å². The van der Waals surface area contributed by atoms with Gasteiger partial charge in [-0.3, -0.25) is 25.0 Å². The molecule has 0 bridgehead atoms. The Hall–Kier alpha value is -3.73. The molecule has 0 radical (unpaired) electrons. The highest BCUT2D eigenvalue weighted by atomic mass is 16.6. The molecule has 2 amide bonds. The summed E-state index contributed by atoms with van der Waals surface area (Å²) >= 11 is 0. The maximum atomic E-state index is 12.6. The first kappa shape index (κ1) is 21.0. The Labute approximate surface area is 171 Å². The van der Waals surface area contributed by atoms with E-state index in [1.54, 1.807) is 19.3 Å². The lowest BCUT2D eigenvalue weighted by Gasteiger charge is -2.30. The van der Waals surface area contributed by atoms with Crippen LogP contribution >= 0.6 is 0 Å². The van der Waals surface area contributed by atoms with Gasteiger partial charge in [-0.05, 0) is 18.2 Å². The van der Waals surface area contributed by atoms with E-state index in [2.05, 4.69) is 5.32 Å². The molecule has 0 spiro atoms. The molecule has 2 aromatic rings. The molecule has 1 fully saturated rings. The molecule has 11 heteroatoms.